The Morgan fingerprint density at radius 1 is 1.36 bits per heavy atom. The summed E-state index contributed by atoms with van der Waals surface area (Å²) in [5.74, 6) is -0.534. The van der Waals surface area contributed by atoms with E-state index in [-0.39, 0.29) is 5.39 Å². The van der Waals surface area contributed by atoms with E-state index < -0.39 is 21.0 Å². The summed E-state index contributed by atoms with van der Waals surface area (Å²) in [6.07, 6.45) is 0. The van der Waals surface area contributed by atoms with Crippen LogP contribution in [0.4, 0.5) is 4.39 Å². The number of hydrogen-bond acceptors (Lipinski definition) is 2. The van der Waals surface area contributed by atoms with Crippen LogP contribution in [0.1, 0.15) is 0 Å². The number of benzene rings is 1. The lowest BCUT2D eigenvalue weighted by Crippen LogP contribution is -1.97. The molecule has 0 saturated carbocycles. The van der Waals surface area contributed by atoms with Gasteiger partial charge in [0.2, 0.25) is 0 Å². The predicted octanol–water partition coefficient (Wildman–Crippen LogP) is 1.55. The molecule has 14 heavy (non-hydrogen) atoms. The third-order valence-electron chi connectivity index (χ3n) is 1.86. The first-order chi connectivity index (χ1) is 6.48. The van der Waals surface area contributed by atoms with Crippen molar-refractivity contribution < 1.29 is 17.4 Å². The molecule has 0 amide bonds. The molecule has 0 aliphatic carbocycles. The Morgan fingerprint density at radius 3 is 2.64 bits per heavy atom. The maximum absolute atomic E-state index is 13.1. The van der Waals surface area contributed by atoms with Gasteiger partial charge in [0, 0.05) is 10.9 Å². The largest absolute Gasteiger partial charge is 0.344 e. The lowest BCUT2D eigenvalue weighted by Gasteiger charge is -1.88. The van der Waals surface area contributed by atoms with Crippen molar-refractivity contribution in [2.45, 2.75) is 5.03 Å². The van der Waals surface area contributed by atoms with Crippen LogP contribution in [0.5, 0.6) is 0 Å². The van der Waals surface area contributed by atoms with E-state index in [4.69, 9.17) is 4.55 Å². The Morgan fingerprint density at radius 2 is 2.07 bits per heavy atom. The Bertz CT molecular complexity index is 588. The SMILES string of the molecule is O=S(=O)(O)c1cc2c(F)cccc2[nH]1. The van der Waals surface area contributed by atoms with Crippen LogP contribution in [-0.2, 0) is 10.1 Å². The van der Waals surface area contributed by atoms with Gasteiger partial charge in [-0.15, -0.1) is 0 Å². The molecule has 0 bridgehead atoms. The van der Waals surface area contributed by atoms with Crippen molar-refractivity contribution in [1.29, 1.82) is 0 Å². The van der Waals surface area contributed by atoms with Crippen molar-refractivity contribution in [2.24, 2.45) is 0 Å². The summed E-state index contributed by atoms with van der Waals surface area (Å²) < 4.78 is 43.2. The summed E-state index contributed by atoms with van der Waals surface area (Å²) in [5, 5.41) is -0.266. The van der Waals surface area contributed by atoms with Gasteiger partial charge in [-0.25, -0.2) is 4.39 Å². The van der Waals surface area contributed by atoms with E-state index in [1.54, 1.807) is 0 Å². The van der Waals surface area contributed by atoms with Crippen molar-refractivity contribution >= 4 is 21.0 Å². The van der Waals surface area contributed by atoms with Gasteiger partial charge in [0.05, 0.1) is 0 Å². The Hall–Kier alpha value is -1.40. The number of nitrogens with one attached hydrogen (secondary N) is 1. The van der Waals surface area contributed by atoms with Gasteiger partial charge in [-0.1, -0.05) is 6.07 Å². The molecule has 74 valence electrons. The first kappa shape index (κ1) is 9.17. The minimum absolute atomic E-state index is 0.139. The van der Waals surface area contributed by atoms with Crippen LogP contribution in [0.3, 0.4) is 0 Å². The highest BCUT2D eigenvalue weighted by Crippen LogP contribution is 2.20. The smallest absolute Gasteiger partial charge is 0.310 e. The molecule has 2 aromatic rings. The number of fused-ring (bicyclic) bond motifs is 1. The summed E-state index contributed by atoms with van der Waals surface area (Å²) in [6.45, 7) is 0. The monoisotopic (exact) mass is 215 g/mol. The lowest BCUT2D eigenvalue weighted by molar-refractivity contribution is 0.480. The third-order valence-corrected chi connectivity index (χ3v) is 2.64. The molecule has 0 aliphatic heterocycles. The molecule has 0 aliphatic rings. The second kappa shape index (κ2) is 2.79. The Labute approximate surface area is 79.1 Å². The van der Waals surface area contributed by atoms with Crippen LogP contribution in [0.2, 0.25) is 0 Å². The van der Waals surface area contributed by atoms with E-state index in [2.05, 4.69) is 4.98 Å². The highest BCUT2D eigenvalue weighted by Gasteiger charge is 2.14. The summed E-state index contributed by atoms with van der Waals surface area (Å²) in [5.41, 5.74) is 0.331. The number of hydrogen-bond donors (Lipinski definition) is 2. The number of H-pyrrole nitrogens is 1. The predicted molar refractivity (Wildman–Crippen MR) is 48.1 cm³/mol. The van der Waals surface area contributed by atoms with Gasteiger partial charge in [0.25, 0.3) is 0 Å². The molecule has 2 rings (SSSR count). The maximum atomic E-state index is 13.1. The molecule has 0 radical (unpaired) electrons. The fraction of sp³-hybridized carbons (Fsp3) is 0. The molecular formula is C8H6FNO3S. The van der Waals surface area contributed by atoms with Crippen LogP contribution in [0, 0.1) is 5.82 Å². The summed E-state index contributed by atoms with van der Waals surface area (Å²) >= 11 is 0. The molecule has 6 heteroatoms. The van der Waals surface area contributed by atoms with Crippen molar-refractivity contribution in [2.75, 3.05) is 0 Å². The maximum Gasteiger partial charge on any atom is 0.310 e. The quantitative estimate of drug-likeness (QED) is 0.709. The molecular weight excluding hydrogens is 209 g/mol. The average Bonchev–Trinajstić information content (AvgIpc) is 2.48. The second-order valence-electron chi connectivity index (χ2n) is 2.81. The highest BCUT2D eigenvalue weighted by atomic mass is 32.2. The van der Waals surface area contributed by atoms with Gasteiger partial charge in [-0.3, -0.25) is 4.55 Å². The zero-order chi connectivity index (χ0) is 10.3. The first-order valence-corrected chi connectivity index (χ1v) is 5.17. The van der Waals surface area contributed by atoms with Gasteiger partial charge in [-0.2, -0.15) is 8.42 Å². The van der Waals surface area contributed by atoms with Crippen LogP contribution in [0.15, 0.2) is 29.3 Å². The Kier molecular flexibility index (Phi) is 1.83. The number of halogens is 1. The molecule has 0 saturated heterocycles. The standard InChI is InChI=1S/C8H6FNO3S/c9-6-2-1-3-7-5(6)4-8(10-7)14(11,12)13/h1-4,10H,(H,11,12,13). The van der Waals surface area contributed by atoms with E-state index in [1.807, 2.05) is 0 Å². The number of rotatable bonds is 1. The molecule has 0 spiro atoms. The lowest BCUT2D eigenvalue weighted by atomic mass is 10.2. The van der Waals surface area contributed by atoms with E-state index in [1.165, 1.54) is 18.2 Å². The van der Waals surface area contributed by atoms with Crippen molar-refractivity contribution in [3.63, 3.8) is 0 Å². The number of aromatic nitrogens is 1. The molecule has 0 unspecified atom stereocenters. The number of aromatic amines is 1. The molecule has 1 aromatic carbocycles. The fourth-order valence-corrected chi connectivity index (χ4v) is 1.74. The van der Waals surface area contributed by atoms with E-state index >= 15 is 0 Å². The molecule has 0 fully saturated rings. The molecule has 0 atom stereocenters. The minimum atomic E-state index is -4.30. The van der Waals surface area contributed by atoms with Crippen LogP contribution >= 0.6 is 0 Å². The Balaban J connectivity index is 2.81. The topological polar surface area (TPSA) is 70.2 Å². The van der Waals surface area contributed by atoms with Gasteiger partial charge in [-0.05, 0) is 18.2 Å². The van der Waals surface area contributed by atoms with Gasteiger partial charge >= 0.3 is 10.1 Å². The molecule has 4 nitrogen and oxygen atoms in total. The van der Waals surface area contributed by atoms with Gasteiger partial charge in [0.1, 0.15) is 5.82 Å². The summed E-state index contributed by atoms with van der Waals surface area (Å²) in [7, 11) is -4.30. The van der Waals surface area contributed by atoms with Gasteiger partial charge < -0.3 is 4.98 Å². The molecule has 1 heterocycles. The zero-order valence-electron chi connectivity index (χ0n) is 6.86. The van der Waals surface area contributed by atoms with E-state index in [0.717, 1.165) is 6.07 Å². The molecule has 1 aromatic heterocycles. The van der Waals surface area contributed by atoms with Crippen molar-refractivity contribution in [3.05, 3.63) is 30.1 Å². The second-order valence-corrected chi connectivity index (χ2v) is 4.20. The van der Waals surface area contributed by atoms with E-state index in [0.29, 0.717) is 5.52 Å². The summed E-state index contributed by atoms with van der Waals surface area (Å²) in [4.78, 5) is 2.40. The third kappa shape index (κ3) is 1.38. The van der Waals surface area contributed by atoms with Crippen molar-refractivity contribution in [3.8, 4) is 0 Å². The normalized spacial score (nSPS) is 12.1. The average molecular weight is 215 g/mol. The highest BCUT2D eigenvalue weighted by molar-refractivity contribution is 7.85. The van der Waals surface area contributed by atoms with Crippen LogP contribution in [0.25, 0.3) is 10.9 Å². The van der Waals surface area contributed by atoms with E-state index in [9.17, 15) is 12.8 Å². The molecule has 2 N–H and O–H groups in total. The van der Waals surface area contributed by atoms with Gasteiger partial charge in [0.15, 0.2) is 5.03 Å². The van der Waals surface area contributed by atoms with Crippen molar-refractivity contribution in [1.82, 2.24) is 4.98 Å². The first-order valence-electron chi connectivity index (χ1n) is 3.73. The van der Waals surface area contributed by atoms with Crippen LogP contribution < -0.4 is 0 Å². The fourth-order valence-electron chi connectivity index (χ4n) is 1.23. The minimum Gasteiger partial charge on any atom is -0.344 e. The van der Waals surface area contributed by atoms with Crippen LogP contribution in [-0.4, -0.2) is 18.0 Å². The summed E-state index contributed by atoms with van der Waals surface area (Å²) in [6, 6.07) is 5.24. The zero-order valence-corrected chi connectivity index (χ0v) is 7.68.